The highest BCUT2D eigenvalue weighted by atomic mass is 16.6. The molecule has 2 fully saturated rings. The van der Waals surface area contributed by atoms with Crippen LogP contribution in [0.2, 0.25) is 0 Å². The van der Waals surface area contributed by atoms with Crippen LogP contribution in [0.4, 0.5) is 16.2 Å². The normalized spacial score (nSPS) is 24.4. The zero-order valence-electron chi connectivity index (χ0n) is 19.2. The van der Waals surface area contributed by atoms with Gasteiger partial charge in [0.05, 0.1) is 19.3 Å². The molecular weight excluding hydrogens is 406 g/mol. The Kier molecular flexibility index (Phi) is 6.98. The number of hydrogen-bond acceptors (Lipinski definition) is 6. The van der Waals surface area contributed by atoms with Gasteiger partial charge in [-0.2, -0.15) is 0 Å². The molecule has 0 aromatic heterocycles. The summed E-state index contributed by atoms with van der Waals surface area (Å²) < 4.78 is 17.5. The van der Waals surface area contributed by atoms with Crippen molar-refractivity contribution in [1.82, 2.24) is 5.32 Å². The molecule has 4 rings (SSSR count). The van der Waals surface area contributed by atoms with E-state index < -0.39 is 12.2 Å². The van der Waals surface area contributed by atoms with Gasteiger partial charge < -0.3 is 24.4 Å². The van der Waals surface area contributed by atoms with Crippen molar-refractivity contribution in [3.8, 4) is 0 Å². The molecule has 2 aliphatic heterocycles. The first-order valence-electron chi connectivity index (χ1n) is 11.2. The molecule has 2 aromatic carbocycles. The van der Waals surface area contributed by atoms with Gasteiger partial charge in [-0.1, -0.05) is 38.1 Å². The maximum atomic E-state index is 12.4. The summed E-state index contributed by atoms with van der Waals surface area (Å²) in [5, 5.41) is 6.32. The second-order valence-electron chi connectivity index (χ2n) is 8.99. The standard InChI is InChI=1S/C25H33N3O4/c1-16(2)18-7-9-19(10-8-18)27-25(29)32-22-15-31-23-21(14-30-24(22)23)26-13-17-5-11-20(12-6-17)28(3)4/h5-12,16,21-24,26H,13-15H2,1-4H3,(H,27,29)/t21-,22-,23-,24+/m0/s1. The molecule has 1 amide bonds. The Bertz CT molecular complexity index is 898. The van der Waals surface area contributed by atoms with Gasteiger partial charge in [-0.25, -0.2) is 4.79 Å². The monoisotopic (exact) mass is 439 g/mol. The van der Waals surface area contributed by atoms with Crippen molar-refractivity contribution >= 4 is 17.5 Å². The molecule has 2 heterocycles. The maximum Gasteiger partial charge on any atom is 0.412 e. The van der Waals surface area contributed by atoms with E-state index in [9.17, 15) is 4.79 Å². The molecule has 7 heteroatoms. The number of fused-ring (bicyclic) bond motifs is 1. The van der Waals surface area contributed by atoms with Gasteiger partial charge in [0.25, 0.3) is 0 Å². The van der Waals surface area contributed by atoms with E-state index in [2.05, 4.69) is 53.6 Å². The summed E-state index contributed by atoms with van der Waals surface area (Å²) >= 11 is 0. The molecule has 2 N–H and O–H groups in total. The number of hydrogen-bond donors (Lipinski definition) is 2. The summed E-state index contributed by atoms with van der Waals surface area (Å²) in [6.45, 7) is 5.87. The number of carbonyl (C=O) groups excluding carboxylic acids is 1. The van der Waals surface area contributed by atoms with Crippen LogP contribution in [0.15, 0.2) is 48.5 Å². The van der Waals surface area contributed by atoms with Crippen LogP contribution in [0.25, 0.3) is 0 Å². The van der Waals surface area contributed by atoms with Gasteiger partial charge in [-0.15, -0.1) is 0 Å². The summed E-state index contributed by atoms with van der Waals surface area (Å²) in [6.07, 6.45) is -1.28. The third-order valence-electron chi connectivity index (χ3n) is 6.11. The van der Waals surface area contributed by atoms with E-state index in [1.165, 1.54) is 16.8 Å². The molecule has 0 bridgehead atoms. The van der Waals surface area contributed by atoms with Crippen LogP contribution < -0.4 is 15.5 Å². The number of carbonyl (C=O) groups is 1. The maximum absolute atomic E-state index is 12.4. The molecule has 32 heavy (non-hydrogen) atoms. The number of benzene rings is 2. The Balaban J connectivity index is 1.25. The summed E-state index contributed by atoms with van der Waals surface area (Å²) in [6, 6.07) is 16.3. The summed E-state index contributed by atoms with van der Waals surface area (Å²) in [5.74, 6) is 0.446. The minimum Gasteiger partial charge on any atom is -0.441 e. The zero-order valence-corrected chi connectivity index (χ0v) is 19.2. The van der Waals surface area contributed by atoms with Crippen molar-refractivity contribution < 1.29 is 19.0 Å². The van der Waals surface area contributed by atoms with Crippen molar-refractivity contribution in [2.24, 2.45) is 0 Å². The number of nitrogens with zero attached hydrogens (tertiary/aromatic N) is 1. The third-order valence-corrected chi connectivity index (χ3v) is 6.11. The highest BCUT2D eigenvalue weighted by molar-refractivity contribution is 5.84. The first-order chi connectivity index (χ1) is 15.4. The summed E-state index contributed by atoms with van der Waals surface area (Å²) in [7, 11) is 4.06. The Morgan fingerprint density at radius 2 is 1.72 bits per heavy atom. The number of anilines is 2. The fourth-order valence-corrected chi connectivity index (χ4v) is 4.14. The number of nitrogens with one attached hydrogen (secondary N) is 2. The van der Waals surface area contributed by atoms with Gasteiger partial charge >= 0.3 is 6.09 Å². The molecule has 0 spiro atoms. The fraction of sp³-hybridized carbons (Fsp3) is 0.480. The minimum absolute atomic E-state index is 0.0637. The Morgan fingerprint density at radius 1 is 1.03 bits per heavy atom. The molecule has 172 valence electrons. The van der Waals surface area contributed by atoms with Crippen molar-refractivity contribution in [3.63, 3.8) is 0 Å². The second kappa shape index (κ2) is 9.90. The van der Waals surface area contributed by atoms with Gasteiger partial charge in [0, 0.05) is 32.0 Å². The summed E-state index contributed by atoms with van der Waals surface area (Å²) in [5.41, 5.74) is 4.31. The fourth-order valence-electron chi connectivity index (χ4n) is 4.14. The van der Waals surface area contributed by atoms with Crippen molar-refractivity contribution in [3.05, 3.63) is 59.7 Å². The second-order valence-corrected chi connectivity index (χ2v) is 8.99. The number of rotatable bonds is 7. The SMILES string of the molecule is CC(C)c1ccc(NC(=O)O[C@H]2CO[C@@H]3[C@@H]2OC[C@@H]3NCc2ccc(N(C)C)cc2)cc1. The molecular formula is C25H33N3O4. The van der Waals surface area contributed by atoms with Crippen LogP contribution in [-0.4, -0.2) is 57.8 Å². The van der Waals surface area contributed by atoms with E-state index in [-0.39, 0.29) is 18.2 Å². The molecule has 2 aliphatic rings. The topological polar surface area (TPSA) is 72.1 Å². The number of ether oxygens (including phenoxy) is 3. The largest absolute Gasteiger partial charge is 0.441 e. The van der Waals surface area contributed by atoms with Crippen LogP contribution in [0.5, 0.6) is 0 Å². The lowest BCUT2D eigenvalue weighted by Crippen LogP contribution is -2.41. The molecule has 0 radical (unpaired) electrons. The zero-order chi connectivity index (χ0) is 22.7. The van der Waals surface area contributed by atoms with Crippen molar-refractivity contribution in [1.29, 1.82) is 0 Å². The van der Waals surface area contributed by atoms with Crippen molar-refractivity contribution in [2.45, 2.75) is 50.7 Å². The Morgan fingerprint density at radius 3 is 2.38 bits per heavy atom. The van der Waals surface area contributed by atoms with E-state index in [0.29, 0.717) is 24.8 Å². The third kappa shape index (κ3) is 5.23. The van der Waals surface area contributed by atoms with Crippen LogP contribution >= 0.6 is 0 Å². The van der Waals surface area contributed by atoms with Crippen LogP contribution in [0.1, 0.15) is 30.9 Å². The minimum atomic E-state index is -0.488. The molecule has 0 aliphatic carbocycles. The van der Waals surface area contributed by atoms with Crippen molar-refractivity contribution in [2.75, 3.05) is 37.5 Å². The van der Waals surface area contributed by atoms with E-state index in [1.807, 2.05) is 38.4 Å². The predicted molar refractivity (Wildman–Crippen MR) is 125 cm³/mol. The van der Waals surface area contributed by atoms with E-state index >= 15 is 0 Å². The average molecular weight is 440 g/mol. The first-order valence-corrected chi connectivity index (χ1v) is 11.2. The van der Waals surface area contributed by atoms with Crippen LogP contribution in [0.3, 0.4) is 0 Å². The molecule has 0 unspecified atom stereocenters. The highest BCUT2D eigenvalue weighted by Crippen LogP contribution is 2.29. The lowest BCUT2D eigenvalue weighted by atomic mass is 10.0. The molecule has 4 atom stereocenters. The first kappa shape index (κ1) is 22.6. The van der Waals surface area contributed by atoms with E-state index in [1.54, 1.807) is 0 Å². The average Bonchev–Trinajstić information content (AvgIpc) is 3.36. The van der Waals surface area contributed by atoms with Gasteiger partial charge in [0.15, 0.2) is 6.10 Å². The molecule has 2 saturated heterocycles. The van der Waals surface area contributed by atoms with Crippen LogP contribution in [0, 0.1) is 0 Å². The lowest BCUT2D eigenvalue weighted by Gasteiger charge is -2.18. The van der Waals surface area contributed by atoms with Gasteiger partial charge in [0.1, 0.15) is 12.2 Å². The Hall–Kier alpha value is -2.61. The van der Waals surface area contributed by atoms with E-state index in [0.717, 1.165) is 6.54 Å². The number of amides is 1. The Labute approximate surface area is 190 Å². The predicted octanol–water partition coefficient (Wildman–Crippen LogP) is 3.75. The molecule has 7 nitrogen and oxygen atoms in total. The van der Waals surface area contributed by atoms with E-state index in [4.69, 9.17) is 14.2 Å². The summed E-state index contributed by atoms with van der Waals surface area (Å²) in [4.78, 5) is 14.5. The molecule has 0 saturated carbocycles. The van der Waals surface area contributed by atoms with Crippen LogP contribution in [-0.2, 0) is 20.8 Å². The smallest absolute Gasteiger partial charge is 0.412 e. The quantitative estimate of drug-likeness (QED) is 0.685. The van der Waals surface area contributed by atoms with Gasteiger partial charge in [-0.3, -0.25) is 5.32 Å². The highest BCUT2D eigenvalue weighted by Gasteiger charge is 2.49. The van der Waals surface area contributed by atoms with Gasteiger partial charge in [0.2, 0.25) is 0 Å². The van der Waals surface area contributed by atoms with Gasteiger partial charge in [-0.05, 0) is 41.3 Å². The molecule has 2 aromatic rings. The lowest BCUT2D eigenvalue weighted by molar-refractivity contribution is 0.00854.